The van der Waals surface area contributed by atoms with E-state index in [0.717, 1.165) is 10.8 Å². The van der Waals surface area contributed by atoms with E-state index in [1.54, 1.807) is 11.9 Å². The number of nitrogen functional groups attached to an aromatic ring is 1. The average Bonchev–Trinajstić information content (AvgIpc) is 2.80. The number of amides is 1. The monoisotopic (exact) mass is 276 g/mol. The Hall–Kier alpha value is -2.08. The van der Waals surface area contributed by atoms with Crippen molar-refractivity contribution in [1.82, 2.24) is 4.98 Å². The van der Waals surface area contributed by atoms with Gasteiger partial charge in [0, 0.05) is 26.8 Å². The lowest BCUT2D eigenvalue weighted by molar-refractivity contribution is 0.0997. The van der Waals surface area contributed by atoms with E-state index >= 15 is 0 Å². The highest BCUT2D eigenvalue weighted by molar-refractivity contribution is 7.18. The van der Waals surface area contributed by atoms with Crippen LogP contribution >= 0.6 is 11.3 Å². The number of benzene rings is 1. The standard InChI is InChI=1S/C13H16N4OS/c1-16(2)13-15-11(14)10(19-13)12(18)17(3)9-7-5-4-6-8-9/h4-8H,14H2,1-3H3. The Kier molecular flexibility index (Phi) is 3.71. The minimum absolute atomic E-state index is 0.144. The first-order chi connectivity index (χ1) is 9.00. The van der Waals surface area contributed by atoms with Crippen molar-refractivity contribution < 1.29 is 4.79 Å². The number of anilines is 3. The SMILES string of the molecule is CN(C)c1nc(N)c(C(=O)N(C)c2ccccc2)s1. The third kappa shape index (κ3) is 2.68. The molecular weight excluding hydrogens is 260 g/mol. The normalized spacial score (nSPS) is 10.3. The number of aromatic nitrogens is 1. The summed E-state index contributed by atoms with van der Waals surface area (Å²) in [5.41, 5.74) is 6.65. The number of para-hydroxylation sites is 1. The van der Waals surface area contributed by atoms with Crippen LogP contribution in [0.2, 0.25) is 0 Å². The van der Waals surface area contributed by atoms with Crippen molar-refractivity contribution in [2.45, 2.75) is 0 Å². The van der Waals surface area contributed by atoms with E-state index in [-0.39, 0.29) is 11.7 Å². The molecule has 2 rings (SSSR count). The molecule has 6 heteroatoms. The van der Waals surface area contributed by atoms with Crippen molar-refractivity contribution in [3.63, 3.8) is 0 Å². The molecule has 19 heavy (non-hydrogen) atoms. The maximum atomic E-state index is 12.4. The number of nitrogens with zero attached hydrogens (tertiary/aromatic N) is 3. The Morgan fingerprint density at radius 2 is 1.84 bits per heavy atom. The van der Waals surface area contributed by atoms with Gasteiger partial charge in [0.2, 0.25) is 0 Å². The molecule has 0 atom stereocenters. The Labute approximate surface area is 116 Å². The van der Waals surface area contributed by atoms with E-state index in [0.29, 0.717) is 4.88 Å². The molecule has 2 N–H and O–H groups in total. The first-order valence-corrected chi connectivity index (χ1v) is 6.59. The molecule has 0 aliphatic rings. The van der Waals surface area contributed by atoms with Crippen LogP contribution in [0.3, 0.4) is 0 Å². The third-order valence-corrected chi connectivity index (χ3v) is 3.89. The van der Waals surface area contributed by atoms with E-state index in [1.165, 1.54) is 11.3 Å². The summed E-state index contributed by atoms with van der Waals surface area (Å²) in [6.45, 7) is 0. The number of nitrogens with two attached hydrogens (primary N) is 1. The Balaban J connectivity index is 2.29. The highest BCUT2D eigenvalue weighted by atomic mass is 32.1. The van der Waals surface area contributed by atoms with Crippen LogP contribution in [0.15, 0.2) is 30.3 Å². The Bertz CT molecular complexity index is 580. The second-order valence-corrected chi connectivity index (χ2v) is 5.28. The van der Waals surface area contributed by atoms with Crippen LogP contribution in [-0.4, -0.2) is 32.0 Å². The zero-order valence-electron chi connectivity index (χ0n) is 11.1. The number of thiazole rings is 1. The first-order valence-electron chi connectivity index (χ1n) is 5.77. The van der Waals surface area contributed by atoms with Gasteiger partial charge in [-0.1, -0.05) is 29.5 Å². The van der Waals surface area contributed by atoms with Gasteiger partial charge in [-0.15, -0.1) is 0 Å². The van der Waals surface area contributed by atoms with Crippen molar-refractivity contribution >= 4 is 33.9 Å². The number of carbonyl (C=O) groups is 1. The maximum absolute atomic E-state index is 12.4. The van der Waals surface area contributed by atoms with Gasteiger partial charge in [-0.05, 0) is 12.1 Å². The van der Waals surface area contributed by atoms with Gasteiger partial charge in [0.05, 0.1) is 0 Å². The zero-order valence-corrected chi connectivity index (χ0v) is 11.9. The summed E-state index contributed by atoms with van der Waals surface area (Å²) in [5.74, 6) is 0.135. The largest absolute Gasteiger partial charge is 0.382 e. The molecule has 0 aliphatic heterocycles. The second-order valence-electron chi connectivity index (χ2n) is 4.30. The fraction of sp³-hybridized carbons (Fsp3) is 0.231. The van der Waals surface area contributed by atoms with Crippen LogP contribution in [0, 0.1) is 0 Å². The summed E-state index contributed by atoms with van der Waals surface area (Å²) in [5, 5.41) is 0.724. The zero-order chi connectivity index (χ0) is 14.0. The molecule has 5 nitrogen and oxygen atoms in total. The third-order valence-electron chi connectivity index (χ3n) is 2.67. The smallest absolute Gasteiger partial charge is 0.272 e. The second kappa shape index (κ2) is 5.27. The van der Waals surface area contributed by atoms with Gasteiger partial charge in [0.1, 0.15) is 10.7 Å². The predicted octanol–water partition coefficient (Wildman–Crippen LogP) is 2.07. The van der Waals surface area contributed by atoms with E-state index in [9.17, 15) is 4.79 Å². The molecule has 0 fully saturated rings. The van der Waals surface area contributed by atoms with Gasteiger partial charge in [0.25, 0.3) is 5.91 Å². The number of rotatable bonds is 3. The summed E-state index contributed by atoms with van der Waals surface area (Å²) in [6, 6.07) is 9.44. The minimum Gasteiger partial charge on any atom is -0.382 e. The predicted molar refractivity (Wildman–Crippen MR) is 80.0 cm³/mol. The molecule has 0 spiro atoms. The van der Waals surface area contributed by atoms with Gasteiger partial charge in [0.15, 0.2) is 5.13 Å². The highest BCUT2D eigenvalue weighted by Crippen LogP contribution is 2.28. The molecule has 1 aromatic carbocycles. The molecule has 2 aromatic rings. The van der Waals surface area contributed by atoms with Gasteiger partial charge < -0.3 is 15.5 Å². The Morgan fingerprint density at radius 3 is 2.37 bits per heavy atom. The van der Waals surface area contributed by atoms with Crippen LogP contribution in [-0.2, 0) is 0 Å². The molecule has 0 aliphatic carbocycles. The van der Waals surface area contributed by atoms with Crippen LogP contribution in [0.4, 0.5) is 16.6 Å². The average molecular weight is 276 g/mol. The molecular formula is C13H16N4OS. The molecule has 100 valence electrons. The van der Waals surface area contributed by atoms with Crippen molar-refractivity contribution in [3.05, 3.63) is 35.2 Å². The van der Waals surface area contributed by atoms with Gasteiger partial charge in [-0.25, -0.2) is 4.98 Å². The molecule has 0 saturated carbocycles. The van der Waals surface area contributed by atoms with Crippen molar-refractivity contribution in [3.8, 4) is 0 Å². The van der Waals surface area contributed by atoms with Gasteiger partial charge in [-0.3, -0.25) is 4.79 Å². The summed E-state index contributed by atoms with van der Waals surface area (Å²) < 4.78 is 0. The van der Waals surface area contributed by atoms with Gasteiger partial charge in [-0.2, -0.15) is 0 Å². The number of hydrogen-bond acceptors (Lipinski definition) is 5. The summed E-state index contributed by atoms with van der Waals surface area (Å²) in [4.78, 5) is 20.5. The van der Waals surface area contributed by atoms with Crippen LogP contribution in [0.5, 0.6) is 0 Å². The molecule has 0 radical (unpaired) electrons. The lowest BCUT2D eigenvalue weighted by atomic mass is 10.3. The van der Waals surface area contributed by atoms with E-state index < -0.39 is 0 Å². The summed E-state index contributed by atoms with van der Waals surface area (Å²) >= 11 is 1.30. The number of hydrogen-bond donors (Lipinski definition) is 1. The molecule has 1 amide bonds. The van der Waals surface area contributed by atoms with Crippen molar-refractivity contribution in [2.24, 2.45) is 0 Å². The summed E-state index contributed by atoms with van der Waals surface area (Å²) in [7, 11) is 5.47. The minimum atomic E-state index is -0.144. The van der Waals surface area contributed by atoms with Crippen LogP contribution in [0.25, 0.3) is 0 Å². The molecule has 1 aromatic heterocycles. The van der Waals surface area contributed by atoms with Crippen molar-refractivity contribution in [2.75, 3.05) is 36.7 Å². The molecule has 0 bridgehead atoms. The van der Waals surface area contributed by atoms with E-state index in [1.807, 2.05) is 49.3 Å². The number of carbonyl (C=O) groups excluding carboxylic acids is 1. The molecule has 0 unspecified atom stereocenters. The first kappa shape index (κ1) is 13.4. The van der Waals surface area contributed by atoms with Gasteiger partial charge >= 0.3 is 0 Å². The lowest BCUT2D eigenvalue weighted by Crippen LogP contribution is -2.26. The molecule has 0 saturated heterocycles. The topological polar surface area (TPSA) is 62.5 Å². The Morgan fingerprint density at radius 1 is 1.21 bits per heavy atom. The van der Waals surface area contributed by atoms with Crippen molar-refractivity contribution in [1.29, 1.82) is 0 Å². The summed E-state index contributed by atoms with van der Waals surface area (Å²) in [6.07, 6.45) is 0. The fourth-order valence-corrected chi connectivity index (χ4v) is 2.47. The fourth-order valence-electron chi connectivity index (χ4n) is 1.59. The highest BCUT2D eigenvalue weighted by Gasteiger charge is 2.21. The lowest BCUT2D eigenvalue weighted by Gasteiger charge is -2.16. The maximum Gasteiger partial charge on any atom is 0.272 e. The van der Waals surface area contributed by atoms with Crippen LogP contribution in [0.1, 0.15) is 9.67 Å². The molecule has 1 heterocycles. The quantitative estimate of drug-likeness (QED) is 0.932. The van der Waals surface area contributed by atoms with E-state index in [4.69, 9.17) is 5.73 Å². The van der Waals surface area contributed by atoms with E-state index in [2.05, 4.69) is 4.98 Å². The van der Waals surface area contributed by atoms with Crippen LogP contribution < -0.4 is 15.5 Å².